The predicted octanol–water partition coefficient (Wildman–Crippen LogP) is 3.18. The van der Waals surface area contributed by atoms with Crippen LogP contribution in [-0.2, 0) is 14.3 Å². The maximum Gasteiger partial charge on any atom is 0.227 e. The third kappa shape index (κ3) is 3.11. The number of aryl methyl sites for hydroxylation is 2. The summed E-state index contributed by atoms with van der Waals surface area (Å²) in [5.74, 6) is -0.213. The van der Waals surface area contributed by atoms with E-state index >= 15 is 0 Å². The molecule has 0 radical (unpaired) electrons. The Bertz CT molecular complexity index is 525. The summed E-state index contributed by atoms with van der Waals surface area (Å²) in [6, 6.07) is 6.10. The van der Waals surface area contributed by atoms with Crippen molar-refractivity contribution in [2.45, 2.75) is 45.3 Å². The van der Waals surface area contributed by atoms with Gasteiger partial charge in [-0.05, 0) is 38.3 Å². The molecule has 1 aliphatic heterocycles. The summed E-state index contributed by atoms with van der Waals surface area (Å²) in [5.41, 5.74) is 3.23. The topological polar surface area (TPSA) is 47.6 Å². The summed E-state index contributed by atoms with van der Waals surface area (Å²) in [5, 5.41) is 3.07. The SMILES string of the molecule is Cc1ccc(NC(=O)C2CCC3(CC2)OCCO3)c(C)c1. The molecule has 4 nitrogen and oxygen atoms in total. The number of hydrogen-bond acceptors (Lipinski definition) is 3. The summed E-state index contributed by atoms with van der Waals surface area (Å²) in [6.45, 7) is 5.44. The van der Waals surface area contributed by atoms with Crippen LogP contribution in [0.2, 0.25) is 0 Å². The fourth-order valence-corrected chi connectivity index (χ4v) is 3.29. The lowest BCUT2D eigenvalue weighted by atomic mass is 9.84. The first-order chi connectivity index (χ1) is 10.1. The monoisotopic (exact) mass is 289 g/mol. The van der Waals surface area contributed by atoms with Crippen molar-refractivity contribution in [1.82, 2.24) is 0 Å². The number of hydrogen-bond donors (Lipinski definition) is 1. The number of ether oxygens (including phenoxy) is 2. The van der Waals surface area contributed by atoms with E-state index in [1.165, 1.54) is 5.56 Å². The molecule has 3 rings (SSSR count). The zero-order valence-corrected chi connectivity index (χ0v) is 12.8. The first kappa shape index (κ1) is 14.5. The Morgan fingerprint density at radius 3 is 2.48 bits per heavy atom. The van der Waals surface area contributed by atoms with Crippen molar-refractivity contribution < 1.29 is 14.3 Å². The maximum absolute atomic E-state index is 12.4. The van der Waals surface area contributed by atoms with E-state index in [9.17, 15) is 4.79 Å². The van der Waals surface area contributed by atoms with Crippen molar-refractivity contribution >= 4 is 11.6 Å². The molecule has 1 spiro atoms. The van der Waals surface area contributed by atoms with Crippen LogP contribution in [0.3, 0.4) is 0 Å². The van der Waals surface area contributed by atoms with Crippen molar-refractivity contribution in [1.29, 1.82) is 0 Å². The van der Waals surface area contributed by atoms with Crippen molar-refractivity contribution in [3.63, 3.8) is 0 Å². The van der Waals surface area contributed by atoms with E-state index in [0.29, 0.717) is 13.2 Å². The molecule has 114 valence electrons. The van der Waals surface area contributed by atoms with Crippen LogP contribution < -0.4 is 5.32 Å². The summed E-state index contributed by atoms with van der Waals surface area (Å²) in [7, 11) is 0. The van der Waals surface area contributed by atoms with E-state index in [-0.39, 0.29) is 11.8 Å². The molecule has 0 unspecified atom stereocenters. The van der Waals surface area contributed by atoms with Gasteiger partial charge in [-0.25, -0.2) is 0 Å². The molecule has 2 aliphatic rings. The molecule has 4 heteroatoms. The Morgan fingerprint density at radius 2 is 1.86 bits per heavy atom. The van der Waals surface area contributed by atoms with E-state index in [0.717, 1.165) is 36.9 Å². The molecule has 1 saturated heterocycles. The molecule has 1 aromatic rings. The van der Waals surface area contributed by atoms with Gasteiger partial charge in [0.05, 0.1) is 13.2 Å². The highest BCUT2D eigenvalue weighted by atomic mass is 16.7. The van der Waals surface area contributed by atoms with E-state index in [1.807, 2.05) is 19.1 Å². The van der Waals surface area contributed by atoms with Crippen LogP contribution in [0.25, 0.3) is 0 Å². The molecule has 0 aromatic heterocycles. The summed E-state index contributed by atoms with van der Waals surface area (Å²) >= 11 is 0. The van der Waals surface area contributed by atoms with Gasteiger partial charge in [0.2, 0.25) is 5.91 Å². The Hall–Kier alpha value is -1.39. The minimum absolute atomic E-state index is 0.0594. The molecule has 1 amide bonds. The molecule has 0 bridgehead atoms. The summed E-state index contributed by atoms with van der Waals surface area (Å²) in [6.07, 6.45) is 3.30. The predicted molar refractivity (Wildman–Crippen MR) is 81.1 cm³/mol. The number of nitrogens with one attached hydrogen (secondary N) is 1. The van der Waals surface area contributed by atoms with Gasteiger partial charge in [-0.2, -0.15) is 0 Å². The number of carbonyl (C=O) groups excluding carboxylic acids is 1. The van der Waals surface area contributed by atoms with Crippen molar-refractivity contribution in [2.24, 2.45) is 5.92 Å². The van der Waals surface area contributed by atoms with E-state index in [1.54, 1.807) is 0 Å². The van der Waals surface area contributed by atoms with Gasteiger partial charge in [0.1, 0.15) is 0 Å². The van der Waals surface area contributed by atoms with Gasteiger partial charge in [-0.15, -0.1) is 0 Å². The molecular formula is C17H23NO3. The average molecular weight is 289 g/mol. The van der Waals surface area contributed by atoms with Gasteiger partial charge >= 0.3 is 0 Å². The number of benzene rings is 1. The van der Waals surface area contributed by atoms with Gasteiger partial charge in [0.25, 0.3) is 0 Å². The van der Waals surface area contributed by atoms with Crippen LogP contribution in [0.5, 0.6) is 0 Å². The number of amides is 1. The Balaban J connectivity index is 1.59. The van der Waals surface area contributed by atoms with Crippen LogP contribution in [0.4, 0.5) is 5.69 Å². The standard InChI is InChI=1S/C17H23NO3/c1-12-3-4-15(13(2)11-12)18-16(19)14-5-7-17(8-6-14)20-9-10-21-17/h3-4,11,14H,5-10H2,1-2H3,(H,18,19). The quantitative estimate of drug-likeness (QED) is 0.909. The molecule has 1 saturated carbocycles. The Morgan fingerprint density at radius 1 is 1.19 bits per heavy atom. The number of rotatable bonds is 2. The second kappa shape index (κ2) is 5.78. The summed E-state index contributed by atoms with van der Waals surface area (Å²) in [4.78, 5) is 12.4. The molecule has 1 aromatic carbocycles. The van der Waals surface area contributed by atoms with Gasteiger partial charge in [0, 0.05) is 24.4 Å². The van der Waals surface area contributed by atoms with Gasteiger partial charge < -0.3 is 14.8 Å². The van der Waals surface area contributed by atoms with Crippen LogP contribution in [0, 0.1) is 19.8 Å². The van der Waals surface area contributed by atoms with E-state index in [4.69, 9.17) is 9.47 Å². The second-order valence-electron chi connectivity index (χ2n) is 6.19. The molecular weight excluding hydrogens is 266 g/mol. The lowest BCUT2D eigenvalue weighted by molar-refractivity contribution is -0.182. The lowest BCUT2D eigenvalue weighted by Gasteiger charge is -2.34. The highest BCUT2D eigenvalue weighted by Crippen LogP contribution is 2.38. The Kier molecular flexibility index (Phi) is 4.00. The van der Waals surface area contributed by atoms with Crippen molar-refractivity contribution in [3.05, 3.63) is 29.3 Å². The van der Waals surface area contributed by atoms with E-state index in [2.05, 4.69) is 18.3 Å². The highest BCUT2D eigenvalue weighted by Gasteiger charge is 2.41. The fraction of sp³-hybridized carbons (Fsp3) is 0.588. The van der Waals surface area contributed by atoms with Crippen LogP contribution in [-0.4, -0.2) is 24.9 Å². The Labute approximate surface area is 125 Å². The molecule has 21 heavy (non-hydrogen) atoms. The zero-order chi connectivity index (χ0) is 14.9. The summed E-state index contributed by atoms with van der Waals surface area (Å²) < 4.78 is 11.4. The van der Waals surface area contributed by atoms with Crippen LogP contribution in [0.1, 0.15) is 36.8 Å². The van der Waals surface area contributed by atoms with Crippen LogP contribution in [0.15, 0.2) is 18.2 Å². The minimum atomic E-state index is -0.392. The molecule has 2 fully saturated rings. The van der Waals surface area contributed by atoms with Gasteiger partial charge in [-0.3, -0.25) is 4.79 Å². The third-order valence-corrected chi connectivity index (χ3v) is 4.57. The average Bonchev–Trinajstić information content (AvgIpc) is 2.91. The normalized spacial score (nSPS) is 21.6. The minimum Gasteiger partial charge on any atom is -0.348 e. The maximum atomic E-state index is 12.4. The smallest absolute Gasteiger partial charge is 0.227 e. The first-order valence-corrected chi connectivity index (χ1v) is 7.74. The van der Waals surface area contributed by atoms with E-state index < -0.39 is 5.79 Å². The third-order valence-electron chi connectivity index (χ3n) is 4.57. The van der Waals surface area contributed by atoms with Gasteiger partial charge in [0.15, 0.2) is 5.79 Å². The number of carbonyl (C=O) groups is 1. The molecule has 1 N–H and O–H groups in total. The number of anilines is 1. The van der Waals surface area contributed by atoms with Gasteiger partial charge in [-0.1, -0.05) is 17.7 Å². The lowest BCUT2D eigenvalue weighted by Crippen LogP contribution is -2.38. The van der Waals surface area contributed by atoms with Crippen molar-refractivity contribution in [3.8, 4) is 0 Å². The van der Waals surface area contributed by atoms with Crippen molar-refractivity contribution in [2.75, 3.05) is 18.5 Å². The fourth-order valence-electron chi connectivity index (χ4n) is 3.29. The largest absolute Gasteiger partial charge is 0.348 e. The molecule has 1 aliphatic carbocycles. The molecule has 1 heterocycles. The molecule has 0 atom stereocenters. The highest BCUT2D eigenvalue weighted by molar-refractivity contribution is 5.93. The first-order valence-electron chi connectivity index (χ1n) is 7.74. The van der Waals surface area contributed by atoms with Crippen LogP contribution >= 0.6 is 0 Å². The second-order valence-corrected chi connectivity index (χ2v) is 6.19. The zero-order valence-electron chi connectivity index (χ0n) is 12.8.